The Morgan fingerprint density at radius 1 is 1.09 bits per heavy atom. The Morgan fingerprint density at radius 3 is 2.60 bits per heavy atom. The third-order valence-electron chi connectivity index (χ3n) is 5.79. The fraction of sp³-hybridized carbons (Fsp3) is 0.143. The van der Waals surface area contributed by atoms with Gasteiger partial charge in [0.2, 0.25) is 0 Å². The number of halogens is 3. The molecule has 1 amide bonds. The summed E-state index contributed by atoms with van der Waals surface area (Å²) in [6, 6.07) is 15.9. The van der Waals surface area contributed by atoms with Crippen molar-refractivity contribution in [3.63, 3.8) is 0 Å². The molecule has 35 heavy (non-hydrogen) atoms. The van der Waals surface area contributed by atoms with Crippen LogP contribution in [-0.2, 0) is 5.92 Å². The zero-order valence-electron chi connectivity index (χ0n) is 19.2. The number of amides is 1. The zero-order chi connectivity index (χ0) is 25.2. The molecule has 0 spiro atoms. The van der Waals surface area contributed by atoms with Crippen molar-refractivity contribution in [2.45, 2.75) is 26.2 Å². The minimum Gasteiger partial charge on any atom is -0.322 e. The molecule has 4 rings (SSSR count). The first-order valence-corrected chi connectivity index (χ1v) is 10.9. The molecule has 0 radical (unpaired) electrons. The van der Waals surface area contributed by atoms with E-state index in [1.54, 1.807) is 18.3 Å². The number of hydrogen-bond donors (Lipinski definition) is 1. The van der Waals surface area contributed by atoms with E-state index in [1.165, 1.54) is 6.92 Å². The maximum Gasteiger partial charge on any atom is 0.273 e. The zero-order valence-corrected chi connectivity index (χ0v) is 19.2. The van der Waals surface area contributed by atoms with Gasteiger partial charge in [0.1, 0.15) is 5.82 Å². The van der Waals surface area contributed by atoms with E-state index < -0.39 is 29.6 Å². The topological polar surface area (TPSA) is 54.4 Å². The Kier molecular flexibility index (Phi) is 6.54. The Morgan fingerprint density at radius 2 is 1.89 bits per heavy atom. The van der Waals surface area contributed by atoms with E-state index in [9.17, 15) is 18.0 Å². The lowest BCUT2D eigenvalue weighted by molar-refractivity contribution is -0.00860. The van der Waals surface area contributed by atoms with Gasteiger partial charge in [0, 0.05) is 29.3 Å². The van der Waals surface area contributed by atoms with Gasteiger partial charge in [0.05, 0.1) is 5.56 Å². The first-order valence-electron chi connectivity index (χ1n) is 10.9. The van der Waals surface area contributed by atoms with E-state index >= 15 is 0 Å². The van der Waals surface area contributed by atoms with Crippen molar-refractivity contribution in [2.24, 2.45) is 4.99 Å². The van der Waals surface area contributed by atoms with Crippen LogP contribution in [0.3, 0.4) is 0 Å². The van der Waals surface area contributed by atoms with Crippen molar-refractivity contribution in [1.82, 2.24) is 4.98 Å². The van der Waals surface area contributed by atoms with E-state index in [2.05, 4.69) is 27.7 Å². The molecule has 0 aliphatic rings. The summed E-state index contributed by atoms with van der Waals surface area (Å²) in [6.07, 6.45) is 1.25. The number of pyridine rings is 1. The van der Waals surface area contributed by atoms with Crippen LogP contribution in [-0.4, -0.2) is 16.8 Å². The molecule has 0 fully saturated rings. The molecule has 4 aromatic rings. The second-order valence-electron chi connectivity index (χ2n) is 8.11. The molecule has 176 valence electrons. The molecule has 0 atom stereocenters. The summed E-state index contributed by atoms with van der Waals surface area (Å²) in [4.78, 5) is 20.9. The Balaban J connectivity index is 1.62. The molecule has 0 saturated carbocycles. The largest absolute Gasteiger partial charge is 0.322 e. The molecule has 0 unspecified atom stereocenters. The lowest BCUT2D eigenvalue weighted by Gasteiger charge is -2.15. The molecule has 0 aliphatic carbocycles. The van der Waals surface area contributed by atoms with Gasteiger partial charge in [-0.25, -0.2) is 18.2 Å². The molecule has 0 saturated heterocycles. The van der Waals surface area contributed by atoms with E-state index in [-0.39, 0.29) is 5.56 Å². The Hall–Kier alpha value is -4.22. The lowest BCUT2D eigenvalue weighted by atomic mass is 9.97. The van der Waals surface area contributed by atoms with E-state index in [0.717, 1.165) is 39.6 Å². The van der Waals surface area contributed by atoms with Crippen LogP contribution in [0.2, 0.25) is 0 Å². The number of aliphatic imine (C=N–C) groups is 1. The van der Waals surface area contributed by atoms with Gasteiger partial charge < -0.3 is 5.32 Å². The average Bonchev–Trinajstić information content (AvgIpc) is 2.85. The number of alkyl halides is 2. The minimum absolute atomic E-state index is 0.308. The van der Waals surface area contributed by atoms with E-state index in [0.29, 0.717) is 17.6 Å². The maximum absolute atomic E-state index is 14.5. The highest BCUT2D eigenvalue weighted by Gasteiger charge is 2.30. The quantitative estimate of drug-likeness (QED) is 0.293. The highest BCUT2D eigenvalue weighted by molar-refractivity contribution is 6.05. The Bertz CT molecular complexity index is 1490. The van der Waals surface area contributed by atoms with Gasteiger partial charge in [-0.3, -0.25) is 4.79 Å². The minimum atomic E-state index is -3.16. The summed E-state index contributed by atoms with van der Waals surface area (Å²) in [6.45, 7) is 6.71. The van der Waals surface area contributed by atoms with Crippen molar-refractivity contribution in [3.05, 3.63) is 95.9 Å². The smallest absolute Gasteiger partial charge is 0.273 e. The van der Waals surface area contributed by atoms with Crippen LogP contribution in [0.1, 0.15) is 34.8 Å². The second-order valence-corrected chi connectivity index (χ2v) is 8.11. The predicted octanol–water partition coefficient (Wildman–Crippen LogP) is 7.59. The number of nitrogens with zero attached hydrogens (tertiary/aromatic N) is 2. The number of carbonyl (C=O) groups is 1. The fourth-order valence-electron chi connectivity index (χ4n) is 3.78. The summed E-state index contributed by atoms with van der Waals surface area (Å²) in [5.74, 6) is -1.90. The van der Waals surface area contributed by atoms with Crippen molar-refractivity contribution < 1.29 is 18.0 Å². The van der Waals surface area contributed by atoms with Crippen molar-refractivity contribution in [3.8, 4) is 11.1 Å². The third-order valence-corrected chi connectivity index (χ3v) is 5.79. The van der Waals surface area contributed by atoms with Gasteiger partial charge in [-0.15, -0.1) is 0 Å². The number of benzene rings is 3. The monoisotopic (exact) mass is 473 g/mol. The van der Waals surface area contributed by atoms with Crippen LogP contribution in [0.5, 0.6) is 0 Å². The number of rotatable bonds is 6. The Labute approximate surface area is 200 Å². The fourth-order valence-corrected chi connectivity index (χ4v) is 3.78. The molecule has 0 bridgehead atoms. The number of carbonyl (C=O) groups excluding carboxylic acids is 1. The highest BCUT2D eigenvalue weighted by atomic mass is 19.3. The first kappa shape index (κ1) is 23.9. The number of nitrogens with one attached hydrogen (secondary N) is 1. The van der Waals surface area contributed by atoms with Gasteiger partial charge in [-0.1, -0.05) is 31.2 Å². The molecule has 7 heteroatoms. The summed E-state index contributed by atoms with van der Waals surface area (Å²) in [5, 5.41) is 4.52. The van der Waals surface area contributed by atoms with E-state index in [1.807, 2.05) is 37.3 Å². The summed E-state index contributed by atoms with van der Waals surface area (Å²) >= 11 is 0. The van der Waals surface area contributed by atoms with Gasteiger partial charge in [0.25, 0.3) is 11.8 Å². The predicted molar refractivity (Wildman–Crippen MR) is 133 cm³/mol. The van der Waals surface area contributed by atoms with Crippen LogP contribution < -0.4 is 5.32 Å². The number of anilines is 1. The number of fused-ring (bicyclic) bond motifs is 1. The molecule has 1 heterocycles. The van der Waals surface area contributed by atoms with Crippen molar-refractivity contribution in [2.75, 3.05) is 5.32 Å². The normalized spacial score (nSPS) is 11.2. The van der Waals surface area contributed by atoms with Crippen LogP contribution in [0.15, 0.2) is 78.4 Å². The van der Waals surface area contributed by atoms with Gasteiger partial charge in [0.15, 0.2) is 5.82 Å². The molecular weight excluding hydrogens is 451 g/mol. The number of aryl methyl sites for hydroxylation is 1. The van der Waals surface area contributed by atoms with Crippen LogP contribution >= 0.6 is 0 Å². The standard InChI is InChI=1S/C28H22F3N3O/c1-4-28(30,31)21-9-11-23(25(29)14-21)27(35)34-22-10-6-17(3)24(15-22)19-8-7-18-13-26(32-5-2)33-16-20(18)12-19/h6-16H,2,4H2,1,3H3,(H,34,35). The van der Waals surface area contributed by atoms with E-state index in [4.69, 9.17) is 0 Å². The average molecular weight is 473 g/mol. The number of hydrogen-bond acceptors (Lipinski definition) is 3. The van der Waals surface area contributed by atoms with Crippen molar-refractivity contribution >= 4 is 34.1 Å². The molecule has 3 aromatic carbocycles. The van der Waals surface area contributed by atoms with Gasteiger partial charge in [-0.05, 0) is 77.8 Å². The van der Waals surface area contributed by atoms with Gasteiger partial charge >= 0.3 is 0 Å². The molecular formula is C28H22F3N3O. The first-order chi connectivity index (χ1) is 16.7. The lowest BCUT2D eigenvalue weighted by Crippen LogP contribution is -2.16. The SMILES string of the molecule is C=C=Nc1cc2ccc(-c3cc(NC(=O)c4ccc(C(F)(F)CC)cc4F)ccc3C)cc2cn1. The van der Waals surface area contributed by atoms with Crippen LogP contribution in [0.25, 0.3) is 21.9 Å². The van der Waals surface area contributed by atoms with Crippen molar-refractivity contribution in [1.29, 1.82) is 0 Å². The molecule has 1 N–H and O–H groups in total. The van der Waals surface area contributed by atoms with Gasteiger partial charge in [-0.2, -0.15) is 4.99 Å². The van der Waals surface area contributed by atoms with Crippen LogP contribution in [0, 0.1) is 12.7 Å². The maximum atomic E-state index is 14.5. The summed E-state index contributed by atoms with van der Waals surface area (Å²) in [5.41, 5.74) is 2.44. The van der Waals surface area contributed by atoms with Crippen LogP contribution in [0.4, 0.5) is 24.7 Å². The second kappa shape index (κ2) is 9.57. The number of aromatic nitrogens is 1. The molecule has 1 aromatic heterocycles. The molecule has 0 aliphatic heterocycles. The molecule has 4 nitrogen and oxygen atoms in total. The summed E-state index contributed by atoms with van der Waals surface area (Å²) < 4.78 is 42.2. The summed E-state index contributed by atoms with van der Waals surface area (Å²) in [7, 11) is 0. The highest BCUT2D eigenvalue weighted by Crippen LogP contribution is 2.33. The third kappa shape index (κ3) is 5.00.